The Kier molecular flexibility index (Phi) is 7.25. The van der Waals surface area contributed by atoms with E-state index in [1.54, 1.807) is 24.3 Å². The second kappa shape index (κ2) is 10.1. The molecule has 158 valence electrons. The van der Waals surface area contributed by atoms with Crippen LogP contribution in [0.1, 0.15) is 36.9 Å². The smallest absolute Gasteiger partial charge is 0.295 e. The lowest BCUT2D eigenvalue weighted by Gasteiger charge is -2.25. The van der Waals surface area contributed by atoms with Crippen molar-refractivity contribution in [3.05, 3.63) is 71.3 Å². The van der Waals surface area contributed by atoms with Gasteiger partial charge in [-0.2, -0.15) is 0 Å². The molecule has 0 radical (unpaired) electrons. The average molecular weight is 409 g/mol. The number of aliphatic hydroxyl groups excluding tert-OH is 1. The molecule has 1 saturated heterocycles. The molecule has 1 aliphatic heterocycles. The summed E-state index contributed by atoms with van der Waals surface area (Å²) < 4.78 is 10.8. The molecule has 1 unspecified atom stereocenters. The van der Waals surface area contributed by atoms with Gasteiger partial charge in [0.2, 0.25) is 0 Å². The van der Waals surface area contributed by atoms with E-state index in [9.17, 15) is 14.7 Å². The lowest BCUT2D eigenvalue weighted by atomic mass is 9.95. The topological polar surface area (TPSA) is 76.1 Å². The largest absolute Gasteiger partial charge is 0.507 e. The van der Waals surface area contributed by atoms with Crippen LogP contribution in [0.25, 0.3) is 5.76 Å². The molecule has 0 bridgehead atoms. The molecule has 0 saturated carbocycles. The zero-order valence-corrected chi connectivity index (χ0v) is 17.3. The molecular weight excluding hydrogens is 382 g/mol. The number of benzene rings is 2. The number of amides is 1. The number of unbranched alkanes of at least 4 members (excludes halogenated alkanes) is 1. The first-order valence-corrected chi connectivity index (χ1v) is 10.1. The number of ketones is 1. The van der Waals surface area contributed by atoms with Crippen molar-refractivity contribution in [2.75, 3.05) is 26.9 Å². The van der Waals surface area contributed by atoms with Gasteiger partial charge in [-0.25, -0.2) is 0 Å². The molecule has 1 aliphatic rings. The molecule has 0 spiro atoms. The van der Waals surface area contributed by atoms with Gasteiger partial charge >= 0.3 is 0 Å². The Labute approximate surface area is 176 Å². The van der Waals surface area contributed by atoms with Gasteiger partial charge in [0, 0.05) is 19.2 Å². The zero-order valence-electron chi connectivity index (χ0n) is 17.3. The lowest BCUT2D eigenvalue weighted by Crippen LogP contribution is -2.32. The number of methoxy groups -OCH3 is 1. The maximum atomic E-state index is 12.8. The number of carbonyl (C=O) groups is 2. The molecule has 6 nitrogen and oxygen atoms in total. The first kappa shape index (κ1) is 21.6. The number of carbonyl (C=O) groups excluding carboxylic acids is 2. The van der Waals surface area contributed by atoms with E-state index in [-0.39, 0.29) is 24.5 Å². The van der Waals surface area contributed by atoms with Crippen molar-refractivity contribution in [1.29, 1.82) is 0 Å². The molecule has 2 aromatic carbocycles. The van der Waals surface area contributed by atoms with Gasteiger partial charge in [0.25, 0.3) is 11.7 Å². The van der Waals surface area contributed by atoms with Gasteiger partial charge in [-0.1, -0.05) is 55.8 Å². The molecule has 1 N–H and O–H groups in total. The summed E-state index contributed by atoms with van der Waals surface area (Å²) in [7, 11) is 1.54. The van der Waals surface area contributed by atoms with Crippen LogP contribution in [0.3, 0.4) is 0 Å². The van der Waals surface area contributed by atoms with Crippen LogP contribution in [0.4, 0.5) is 0 Å². The fourth-order valence-electron chi connectivity index (χ4n) is 3.48. The summed E-state index contributed by atoms with van der Waals surface area (Å²) in [6.07, 6.45) is 2.02. The number of aliphatic hydroxyl groups is 1. The van der Waals surface area contributed by atoms with Crippen LogP contribution in [-0.2, 0) is 14.3 Å². The third kappa shape index (κ3) is 4.54. The minimum absolute atomic E-state index is 0.0851. The van der Waals surface area contributed by atoms with Crippen LogP contribution in [0.2, 0.25) is 0 Å². The van der Waals surface area contributed by atoms with Gasteiger partial charge < -0.3 is 19.5 Å². The van der Waals surface area contributed by atoms with Gasteiger partial charge in [-0.3, -0.25) is 9.59 Å². The fourth-order valence-corrected chi connectivity index (χ4v) is 3.48. The molecule has 0 aromatic heterocycles. The highest BCUT2D eigenvalue weighted by Gasteiger charge is 2.45. The van der Waals surface area contributed by atoms with Gasteiger partial charge in [0.05, 0.1) is 24.8 Å². The number of Topliss-reactive ketones (excluding diaryl/α,β-unsaturated/α-hetero) is 1. The molecule has 1 atom stereocenters. The van der Waals surface area contributed by atoms with Gasteiger partial charge in [0.15, 0.2) is 0 Å². The molecule has 0 aliphatic carbocycles. The molecule has 3 rings (SSSR count). The predicted octanol–water partition coefficient (Wildman–Crippen LogP) is 3.93. The molecule has 6 heteroatoms. The minimum Gasteiger partial charge on any atom is -0.507 e. The molecule has 1 heterocycles. The normalized spacial score (nSPS) is 18.1. The average Bonchev–Trinajstić information content (AvgIpc) is 3.03. The Balaban J connectivity index is 2.00. The van der Waals surface area contributed by atoms with E-state index in [1.807, 2.05) is 30.3 Å². The molecular formula is C24H27NO5. The predicted molar refractivity (Wildman–Crippen MR) is 114 cm³/mol. The number of nitrogens with zero attached hydrogens (tertiary/aromatic N) is 1. The molecule has 1 fully saturated rings. The van der Waals surface area contributed by atoms with E-state index in [1.165, 1.54) is 12.0 Å². The number of hydrogen-bond acceptors (Lipinski definition) is 5. The first-order valence-electron chi connectivity index (χ1n) is 10.1. The van der Waals surface area contributed by atoms with E-state index in [4.69, 9.17) is 9.47 Å². The van der Waals surface area contributed by atoms with Crippen molar-refractivity contribution in [1.82, 2.24) is 4.90 Å². The third-order valence-electron chi connectivity index (χ3n) is 5.09. The van der Waals surface area contributed by atoms with Crippen LogP contribution < -0.4 is 4.74 Å². The Morgan fingerprint density at radius 2 is 1.73 bits per heavy atom. The number of hydrogen-bond donors (Lipinski definition) is 1. The summed E-state index contributed by atoms with van der Waals surface area (Å²) in [4.78, 5) is 27.0. The summed E-state index contributed by atoms with van der Waals surface area (Å²) in [6, 6.07) is 15.4. The van der Waals surface area contributed by atoms with E-state index < -0.39 is 17.7 Å². The summed E-state index contributed by atoms with van der Waals surface area (Å²) in [5.74, 6) is -0.787. The number of rotatable bonds is 9. The van der Waals surface area contributed by atoms with Crippen molar-refractivity contribution in [3.63, 3.8) is 0 Å². The summed E-state index contributed by atoms with van der Waals surface area (Å²) in [6.45, 7) is 3.26. The highest BCUT2D eigenvalue weighted by Crippen LogP contribution is 2.39. The molecule has 1 amide bonds. The van der Waals surface area contributed by atoms with Crippen LogP contribution in [0, 0.1) is 0 Å². The van der Waals surface area contributed by atoms with Crippen LogP contribution in [0.5, 0.6) is 5.75 Å². The van der Waals surface area contributed by atoms with Gasteiger partial charge in [-0.05, 0) is 24.1 Å². The first-order chi connectivity index (χ1) is 14.6. The van der Waals surface area contributed by atoms with E-state index >= 15 is 0 Å². The monoisotopic (exact) mass is 409 g/mol. The van der Waals surface area contributed by atoms with Gasteiger partial charge in [-0.15, -0.1) is 0 Å². The summed E-state index contributed by atoms with van der Waals surface area (Å²) >= 11 is 0. The van der Waals surface area contributed by atoms with E-state index in [2.05, 4.69) is 6.92 Å². The lowest BCUT2D eigenvalue weighted by molar-refractivity contribution is -0.140. The number of ether oxygens (including phenoxy) is 2. The van der Waals surface area contributed by atoms with Crippen molar-refractivity contribution in [2.45, 2.75) is 25.8 Å². The van der Waals surface area contributed by atoms with Crippen molar-refractivity contribution < 1.29 is 24.2 Å². The quantitative estimate of drug-likeness (QED) is 0.294. The summed E-state index contributed by atoms with van der Waals surface area (Å²) in [5.41, 5.74) is 1.30. The van der Waals surface area contributed by atoms with Crippen LogP contribution >= 0.6 is 0 Å². The van der Waals surface area contributed by atoms with Crippen molar-refractivity contribution in [3.8, 4) is 5.75 Å². The van der Waals surface area contributed by atoms with Crippen LogP contribution in [-0.4, -0.2) is 48.6 Å². The second-order valence-electron chi connectivity index (χ2n) is 7.12. The highest BCUT2D eigenvalue weighted by molar-refractivity contribution is 6.46. The Morgan fingerprint density at radius 1 is 1.03 bits per heavy atom. The Morgan fingerprint density at radius 3 is 2.37 bits per heavy atom. The third-order valence-corrected chi connectivity index (χ3v) is 5.09. The number of likely N-dealkylation sites (tertiary alicyclic amines) is 1. The van der Waals surface area contributed by atoms with Crippen molar-refractivity contribution >= 4 is 17.4 Å². The minimum atomic E-state index is -0.694. The SMILES string of the molecule is CCCCOc1ccc(C2/C(=C(/O)c3ccccc3)C(=O)C(=O)N2CCOC)cc1. The van der Waals surface area contributed by atoms with Gasteiger partial charge in [0.1, 0.15) is 11.5 Å². The highest BCUT2D eigenvalue weighted by atomic mass is 16.5. The van der Waals surface area contributed by atoms with Crippen molar-refractivity contribution in [2.24, 2.45) is 0 Å². The Hall–Kier alpha value is -3.12. The standard InChI is InChI=1S/C24H27NO5/c1-3-4-15-30-19-12-10-17(11-13-19)21-20(22(26)18-8-6-5-7-9-18)23(27)24(28)25(21)14-16-29-2/h5-13,21,26H,3-4,14-16H2,1-2H3/b22-20-. The van der Waals surface area contributed by atoms with E-state index in [0.717, 1.165) is 24.2 Å². The molecule has 2 aromatic rings. The second-order valence-corrected chi connectivity index (χ2v) is 7.12. The summed E-state index contributed by atoms with van der Waals surface area (Å²) in [5, 5.41) is 10.9. The van der Waals surface area contributed by atoms with Crippen LogP contribution in [0.15, 0.2) is 60.2 Å². The Bertz CT molecular complexity index is 905. The van der Waals surface area contributed by atoms with E-state index in [0.29, 0.717) is 12.2 Å². The zero-order chi connectivity index (χ0) is 21.5. The maximum Gasteiger partial charge on any atom is 0.295 e. The maximum absolute atomic E-state index is 12.8. The fraction of sp³-hybridized carbons (Fsp3) is 0.333. The molecule has 30 heavy (non-hydrogen) atoms.